The van der Waals surface area contributed by atoms with Gasteiger partial charge in [-0.05, 0) is 45.7 Å². The lowest BCUT2D eigenvalue weighted by Crippen LogP contribution is -2.58. The molecule has 0 saturated carbocycles. The largest absolute Gasteiger partial charge is 0.414 e. The predicted octanol–water partition coefficient (Wildman–Crippen LogP) is 1.81. The van der Waals surface area contributed by atoms with Crippen molar-refractivity contribution in [1.82, 2.24) is 4.31 Å². The number of carbonyl (C=O) groups is 2. The number of nitrogens with zero attached hydrogens (tertiary/aromatic N) is 1. The Labute approximate surface area is 141 Å². The number of methoxy groups -OCH3 is 1. The summed E-state index contributed by atoms with van der Waals surface area (Å²) in [4.78, 5) is 24.6. The van der Waals surface area contributed by atoms with E-state index in [2.05, 4.69) is 0 Å². The summed E-state index contributed by atoms with van der Waals surface area (Å²) in [6, 6.07) is 6.37. The number of rotatable bonds is 5. The van der Waals surface area contributed by atoms with Gasteiger partial charge in [-0.3, -0.25) is 9.59 Å². The van der Waals surface area contributed by atoms with Gasteiger partial charge in [0, 0.05) is 7.11 Å². The highest BCUT2D eigenvalue weighted by molar-refractivity contribution is 7.85. The molecule has 0 aliphatic carbocycles. The highest BCUT2D eigenvalue weighted by Crippen LogP contribution is 2.37. The van der Waals surface area contributed by atoms with E-state index in [0.717, 1.165) is 5.56 Å². The fourth-order valence-electron chi connectivity index (χ4n) is 2.55. The van der Waals surface area contributed by atoms with Crippen LogP contribution in [0.5, 0.6) is 5.75 Å². The van der Waals surface area contributed by atoms with E-state index in [1.807, 2.05) is 6.92 Å². The Kier molecular flexibility index (Phi) is 5.00. The molecule has 1 saturated heterocycles. The summed E-state index contributed by atoms with van der Waals surface area (Å²) in [5, 5.41) is 0. The van der Waals surface area contributed by atoms with Crippen LogP contribution in [0.15, 0.2) is 24.3 Å². The summed E-state index contributed by atoms with van der Waals surface area (Å²) in [5.74, 6) is -1.14. The number of aryl methyl sites for hydroxylation is 1. The van der Waals surface area contributed by atoms with E-state index in [1.54, 1.807) is 12.1 Å². The second kappa shape index (κ2) is 6.52. The molecule has 0 bridgehead atoms. The lowest BCUT2D eigenvalue weighted by atomic mass is 9.78. The zero-order valence-corrected chi connectivity index (χ0v) is 14.9. The molecule has 2 atom stereocenters. The van der Waals surface area contributed by atoms with Gasteiger partial charge in [0.2, 0.25) is 0 Å². The van der Waals surface area contributed by atoms with Crippen LogP contribution in [0.1, 0.15) is 32.3 Å². The molecule has 1 aromatic carbocycles. The van der Waals surface area contributed by atoms with Crippen molar-refractivity contribution in [1.29, 1.82) is 0 Å². The Morgan fingerprint density at radius 1 is 1.29 bits per heavy atom. The monoisotopic (exact) mass is 355 g/mol. The van der Waals surface area contributed by atoms with Gasteiger partial charge in [-0.25, -0.2) is 0 Å². The zero-order chi connectivity index (χ0) is 18.1. The molecule has 0 spiro atoms. The van der Waals surface area contributed by atoms with Crippen molar-refractivity contribution in [3.63, 3.8) is 0 Å². The van der Waals surface area contributed by atoms with E-state index in [4.69, 9.17) is 8.92 Å². The number of hydrogen-bond acceptors (Lipinski definition) is 6. The van der Waals surface area contributed by atoms with Crippen LogP contribution in [-0.2, 0) is 24.6 Å². The molecule has 1 fully saturated rings. The number of ketones is 1. The molecule has 0 N–H and O–H groups in total. The van der Waals surface area contributed by atoms with Gasteiger partial charge < -0.3 is 8.92 Å². The van der Waals surface area contributed by atoms with Crippen LogP contribution < -0.4 is 4.18 Å². The van der Waals surface area contributed by atoms with Crippen LogP contribution in [-0.4, -0.2) is 37.8 Å². The number of amides is 1. The predicted molar refractivity (Wildman–Crippen MR) is 86.4 cm³/mol. The molecule has 2 rings (SSSR count). The summed E-state index contributed by atoms with van der Waals surface area (Å²) in [6.45, 7) is 4.57. The molecule has 0 unspecified atom stereocenters. The third kappa shape index (κ3) is 3.29. The molecule has 24 heavy (non-hydrogen) atoms. The third-order valence-corrected chi connectivity index (χ3v) is 5.62. The molecular weight excluding hydrogens is 334 g/mol. The zero-order valence-electron chi connectivity index (χ0n) is 14.1. The quantitative estimate of drug-likeness (QED) is 0.748. The average molecular weight is 355 g/mol. The Hall–Kier alpha value is -1.93. The van der Waals surface area contributed by atoms with Gasteiger partial charge in [-0.2, -0.15) is 12.7 Å². The third-order valence-electron chi connectivity index (χ3n) is 4.34. The fourth-order valence-corrected chi connectivity index (χ4v) is 3.87. The van der Waals surface area contributed by atoms with Crippen molar-refractivity contribution < 1.29 is 26.9 Å². The molecule has 1 amide bonds. The van der Waals surface area contributed by atoms with Gasteiger partial charge in [0.1, 0.15) is 23.2 Å². The van der Waals surface area contributed by atoms with Crippen molar-refractivity contribution in [2.45, 2.75) is 39.8 Å². The van der Waals surface area contributed by atoms with E-state index in [0.29, 0.717) is 4.31 Å². The standard InChI is InChI=1S/C16H21NO6S/c1-11-5-7-13(8-6-11)23-24(20,21)17-14(22-4)9-10-16(3,12(2)18)15(17)19/h5-8,14H,9-10H2,1-4H3/t14-,16-/m1/s1. The first-order valence-corrected chi connectivity index (χ1v) is 8.87. The maximum absolute atomic E-state index is 12.7. The van der Waals surface area contributed by atoms with Gasteiger partial charge in [0.15, 0.2) is 0 Å². The molecule has 132 valence electrons. The van der Waals surface area contributed by atoms with Gasteiger partial charge in [-0.15, -0.1) is 0 Å². The number of carbonyl (C=O) groups excluding carboxylic acids is 2. The summed E-state index contributed by atoms with van der Waals surface area (Å²) >= 11 is 0. The maximum atomic E-state index is 12.7. The van der Waals surface area contributed by atoms with Crippen molar-refractivity contribution in [3.05, 3.63) is 29.8 Å². The fraction of sp³-hybridized carbons (Fsp3) is 0.500. The Bertz CT molecular complexity index is 742. The first-order valence-electron chi connectivity index (χ1n) is 7.50. The van der Waals surface area contributed by atoms with Crippen molar-refractivity contribution in [2.24, 2.45) is 5.41 Å². The average Bonchev–Trinajstić information content (AvgIpc) is 2.51. The van der Waals surface area contributed by atoms with Gasteiger partial charge in [-0.1, -0.05) is 17.7 Å². The Morgan fingerprint density at radius 2 is 1.88 bits per heavy atom. The number of ether oxygens (including phenoxy) is 1. The number of piperidine rings is 1. The lowest BCUT2D eigenvalue weighted by Gasteiger charge is -2.40. The van der Waals surface area contributed by atoms with Crippen molar-refractivity contribution in [3.8, 4) is 5.75 Å². The number of Topliss-reactive ketones (excluding diaryl/α,β-unsaturated/α-hetero) is 1. The van der Waals surface area contributed by atoms with Gasteiger partial charge in [0.05, 0.1) is 0 Å². The van der Waals surface area contributed by atoms with E-state index in [9.17, 15) is 18.0 Å². The second-order valence-corrected chi connectivity index (χ2v) is 7.49. The van der Waals surface area contributed by atoms with Crippen LogP contribution in [0.25, 0.3) is 0 Å². The Balaban J connectivity index is 2.38. The Morgan fingerprint density at radius 3 is 2.38 bits per heavy atom. The van der Waals surface area contributed by atoms with E-state index in [-0.39, 0.29) is 18.6 Å². The van der Waals surface area contributed by atoms with Gasteiger partial charge >= 0.3 is 10.3 Å². The molecular formula is C16H21NO6S. The first-order chi connectivity index (χ1) is 11.1. The maximum Gasteiger partial charge on any atom is 0.414 e. The van der Waals surface area contributed by atoms with Crippen molar-refractivity contribution in [2.75, 3.05) is 7.11 Å². The first kappa shape index (κ1) is 18.4. The molecule has 7 nitrogen and oxygen atoms in total. The molecule has 0 aromatic heterocycles. The molecule has 1 heterocycles. The highest BCUT2D eigenvalue weighted by atomic mass is 32.2. The minimum absolute atomic E-state index is 0.0818. The van der Waals surface area contributed by atoms with Crippen LogP contribution in [0, 0.1) is 12.3 Å². The smallest absolute Gasteiger partial charge is 0.367 e. The van der Waals surface area contributed by atoms with E-state index >= 15 is 0 Å². The summed E-state index contributed by atoms with van der Waals surface area (Å²) < 4.78 is 36.0. The summed E-state index contributed by atoms with van der Waals surface area (Å²) in [5.41, 5.74) is -0.466. The molecule has 0 radical (unpaired) electrons. The van der Waals surface area contributed by atoms with Crippen LogP contribution >= 0.6 is 0 Å². The normalized spacial score (nSPS) is 24.8. The second-order valence-electron chi connectivity index (χ2n) is 6.07. The van der Waals surface area contributed by atoms with E-state index < -0.39 is 33.6 Å². The number of benzene rings is 1. The topological polar surface area (TPSA) is 90.0 Å². The molecule has 1 aromatic rings. The molecule has 8 heteroatoms. The summed E-state index contributed by atoms with van der Waals surface area (Å²) in [6.07, 6.45) is -0.564. The minimum atomic E-state index is -4.46. The van der Waals surface area contributed by atoms with Gasteiger partial charge in [0.25, 0.3) is 5.91 Å². The SMILES string of the molecule is CO[C@@H]1CC[C@](C)(C(C)=O)C(=O)N1S(=O)(=O)Oc1ccc(C)cc1. The summed E-state index contributed by atoms with van der Waals surface area (Å²) in [7, 11) is -3.15. The van der Waals surface area contributed by atoms with Crippen molar-refractivity contribution >= 4 is 22.0 Å². The molecule has 1 aliphatic rings. The minimum Gasteiger partial charge on any atom is -0.367 e. The van der Waals surface area contributed by atoms with E-state index in [1.165, 1.54) is 33.1 Å². The van der Waals surface area contributed by atoms with Crippen LogP contribution in [0.3, 0.4) is 0 Å². The van der Waals surface area contributed by atoms with Crippen LogP contribution in [0.4, 0.5) is 0 Å². The molecule has 1 aliphatic heterocycles. The number of hydrogen-bond donors (Lipinski definition) is 0. The lowest BCUT2D eigenvalue weighted by molar-refractivity contribution is -0.158. The van der Waals surface area contributed by atoms with Crippen LogP contribution in [0.2, 0.25) is 0 Å². The highest BCUT2D eigenvalue weighted by Gasteiger charge is 2.52.